The Morgan fingerprint density at radius 3 is 2.65 bits per heavy atom. The minimum Gasteiger partial charge on any atom is -0.475 e. The number of nitrogens with two attached hydrogens (primary N) is 1. The molecule has 1 aliphatic heterocycles. The normalized spacial score (nSPS) is 33.3. The van der Waals surface area contributed by atoms with E-state index in [1.807, 2.05) is 19.5 Å². The Bertz CT molecular complexity index is 1030. The summed E-state index contributed by atoms with van der Waals surface area (Å²) < 4.78 is 12.1. The number of aromatic nitrogens is 2. The lowest BCUT2D eigenvalue weighted by Gasteiger charge is -2.53. The topological polar surface area (TPSA) is 82.6 Å². The molecule has 2 aromatic rings. The number of hydrogen-bond donors (Lipinski definition) is 1. The fourth-order valence-corrected chi connectivity index (χ4v) is 6.87. The lowest BCUT2D eigenvalue weighted by atomic mass is 9.44. The van der Waals surface area contributed by atoms with Crippen LogP contribution >= 0.6 is 0 Å². The molecular formula is C23H30B2N4O2. The van der Waals surface area contributed by atoms with Crippen LogP contribution in [0.1, 0.15) is 43.7 Å². The van der Waals surface area contributed by atoms with Crippen molar-refractivity contribution in [1.82, 2.24) is 9.97 Å². The Morgan fingerprint density at radius 1 is 1.23 bits per heavy atom. The molecule has 2 spiro atoms. The van der Waals surface area contributed by atoms with Gasteiger partial charge in [-0.1, -0.05) is 25.5 Å². The number of benzene rings is 1. The Morgan fingerprint density at radius 2 is 2.00 bits per heavy atom. The van der Waals surface area contributed by atoms with E-state index in [2.05, 4.69) is 50.8 Å². The minimum absolute atomic E-state index is 0.0402. The molecule has 1 aromatic carbocycles. The van der Waals surface area contributed by atoms with Crippen LogP contribution in [-0.2, 0) is 21.4 Å². The summed E-state index contributed by atoms with van der Waals surface area (Å²) in [6.07, 6.45) is 10.8. The molecule has 31 heavy (non-hydrogen) atoms. The first-order valence-corrected chi connectivity index (χ1v) is 11.3. The van der Waals surface area contributed by atoms with Gasteiger partial charge >= 0.3 is 0 Å². The molecule has 0 bridgehead atoms. The van der Waals surface area contributed by atoms with Gasteiger partial charge in [0.15, 0.2) is 15.7 Å². The molecule has 8 heteroatoms. The van der Waals surface area contributed by atoms with Crippen LogP contribution in [0.5, 0.6) is 0 Å². The van der Waals surface area contributed by atoms with Gasteiger partial charge < -0.3 is 15.2 Å². The molecule has 1 aromatic heterocycles. The number of ether oxygens (including phenoxy) is 2. The molecule has 160 valence electrons. The van der Waals surface area contributed by atoms with Crippen LogP contribution in [0, 0.1) is 11.3 Å². The van der Waals surface area contributed by atoms with E-state index in [4.69, 9.17) is 20.2 Å². The molecular weight excluding hydrogens is 386 g/mol. The summed E-state index contributed by atoms with van der Waals surface area (Å²) in [4.78, 5) is 13.6. The molecule has 0 saturated heterocycles. The molecule has 5 rings (SSSR count). The van der Waals surface area contributed by atoms with Gasteiger partial charge in [-0.2, -0.15) is 0 Å². The molecule has 1 saturated carbocycles. The second-order valence-corrected chi connectivity index (χ2v) is 9.91. The molecule has 0 amide bonds. The molecule has 3 aliphatic rings. The Hall–Kier alpha value is -2.34. The van der Waals surface area contributed by atoms with Gasteiger partial charge in [0.2, 0.25) is 0 Å². The zero-order valence-corrected chi connectivity index (χ0v) is 18.9. The Balaban J connectivity index is 1.69. The molecule has 2 N–H and O–H groups in total. The average Bonchev–Trinajstić information content (AvgIpc) is 3.18. The number of rotatable bonds is 3. The lowest BCUT2D eigenvalue weighted by molar-refractivity contribution is -0.0620. The van der Waals surface area contributed by atoms with Gasteiger partial charge in [0.05, 0.1) is 11.5 Å². The van der Waals surface area contributed by atoms with Crippen LogP contribution in [0.25, 0.3) is 11.1 Å². The van der Waals surface area contributed by atoms with Gasteiger partial charge in [-0.15, -0.1) is 0 Å². The largest absolute Gasteiger partial charge is 0.475 e. The van der Waals surface area contributed by atoms with E-state index >= 15 is 0 Å². The number of hydrogen-bond acceptors (Lipinski definition) is 6. The third kappa shape index (κ3) is 2.80. The van der Waals surface area contributed by atoms with Crippen molar-refractivity contribution >= 4 is 21.7 Å². The first-order chi connectivity index (χ1) is 14.9. The van der Waals surface area contributed by atoms with E-state index in [9.17, 15) is 0 Å². The van der Waals surface area contributed by atoms with E-state index in [1.165, 1.54) is 11.1 Å². The smallest absolute Gasteiger partial charge is 0.282 e. The average molecular weight is 416 g/mol. The predicted octanol–water partition coefficient (Wildman–Crippen LogP) is 1.37. The SMILES string of the molecule is BC1(B)OC(N)=N[C@]12c1cc(-c3cncnc3)ccc1C[C@@]21CC[C@H](OC)[C@@H](CC)C1. The molecule has 0 unspecified atom stereocenters. The van der Waals surface area contributed by atoms with Crippen LogP contribution in [0.4, 0.5) is 0 Å². The van der Waals surface area contributed by atoms with Crippen LogP contribution in [0.15, 0.2) is 41.9 Å². The van der Waals surface area contributed by atoms with Gasteiger partial charge in [0.25, 0.3) is 6.02 Å². The highest BCUT2D eigenvalue weighted by molar-refractivity contribution is 6.41. The standard InChI is InChI=1S/C23H30B2N4O2/c1-3-14-9-21(7-6-19(14)30-2)10-16-5-4-15(17-11-27-13-28-12-17)8-18(16)22(21)23(24,25)31-20(26)29-22/h4-5,8,11-14,19H,3,6-7,9-10,24-25H2,1-2H3,(H2,26,29)/t14-,19-,21-,22-/m0/s1. The van der Waals surface area contributed by atoms with E-state index in [0.717, 1.165) is 43.2 Å². The Labute approximate surface area is 185 Å². The summed E-state index contributed by atoms with van der Waals surface area (Å²) in [5.74, 6) is 0.500. The van der Waals surface area contributed by atoms with Crippen LogP contribution in [0.3, 0.4) is 0 Å². The second-order valence-electron chi connectivity index (χ2n) is 9.91. The predicted molar refractivity (Wildman–Crippen MR) is 126 cm³/mol. The van der Waals surface area contributed by atoms with Crippen molar-refractivity contribution in [3.05, 3.63) is 48.0 Å². The van der Waals surface area contributed by atoms with E-state index in [1.54, 1.807) is 6.33 Å². The van der Waals surface area contributed by atoms with Crippen molar-refractivity contribution in [2.75, 3.05) is 7.11 Å². The maximum absolute atomic E-state index is 6.26. The maximum Gasteiger partial charge on any atom is 0.282 e. The fraction of sp³-hybridized carbons (Fsp3) is 0.522. The summed E-state index contributed by atoms with van der Waals surface area (Å²) in [7, 11) is 6.14. The maximum atomic E-state index is 6.26. The summed E-state index contributed by atoms with van der Waals surface area (Å²) >= 11 is 0. The van der Waals surface area contributed by atoms with Crippen molar-refractivity contribution in [1.29, 1.82) is 0 Å². The number of methoxy groups -OCH3 is 1. The first kappa shape index (κ1) is 20.6. The van der Waals surface area contributed by atoms with E-state index < -0.39 is 10.9 Å². The number of amidine groups is 1. The molecule has 6 nitrogen and oxygen atoms in total. The lowest BCUT2D eigenvalue weighted by Crippen LogP contribution is -2.60. The quantitative estimate of drug-likeness (QED) is 0.765. The first-order valence-electron chi connectivity index (χ1n) is 11.3. The van der Waals surface area contributed by atoms with Gasteiger partial charge in [0.1, 0.15) is 11.9 Å². The van der Waals surface area contributed by atoms with Crippen LogP contribution < -0.4 is 5.73 Å². The number of aliphatic imine (C=N–C) groups is 1. The summed E-state index contributed by atoms with van der Waals surface area (Å²) in [6, 6.07) is 7.02. The zero-order chi connectivity index (χ0) is 21.9. The third-order valence-corrected chi connectivity index (χ3v) is 8.11. The van der Waals surface area contributed by atoms with Crippen molar-refractivity contribution < 1.29 is 9.47 Å². The molecule has 2 aliphatic carbocycles. The van der Waals surface area contributed by atoms with Crippen molar-refractivity contribution in [3.8, 4) is 11.1 Å². The van der Waals surface area contributed by atoms with E-state index in [-0.39, 0.29) is 5.41 Å². The highest BCUT2D eigenvalue weighted by atomic mass is 16.5. The third-order valence-electron chi connectivity index (χ3n) is 8.11. The van der Waals surface area contributed by atoms with Gasteiger partial charge in [-0.25, -0.2) is 15.0 Å². The summed E-state index contributed by atoms with van der Waals surface area (Å²) in [5.41, 5.74) is 10.4. The number of fused-ring (bicyclic) bond motifs is 3. The molecule has 1 fully saturated rings. The molecule has 4 atom stereocenters. The summed E-state index contributed by atoms with van der Waals surface area (Å²) in [6.45, 7) is 2.27. The van der Waals surface area contributed by atoms with Crippen LogP contribution in [0.2, 0.25) is 0 Å². The highest BCUT2D eigenvalue weighted by Gasteiger charge is 2.69. The summed E-state index contributed by atoms with van der Waals surface area (Å²) in [5, 5.41) is -0.535. The monoisotopic (exact) mass is 416 g/mol. The highest BCUT2D eigenvalue weighted by Crippen LogP contribution is 2.66. The second kappa shape index (κ2) is 7.09. The van der Waals surface area contributed by atoms with E-state index in [0.29, 0.717) is 18.0 Å². The van der Waals surface area contributed by atoms with Gasteiger partial charge in [-0.05, 0) is 54.4 Å². The Kier molecular flexibility index (Phi) is 4.70. The van der Waals surface area contributed by atoms with Gasteiger partial charge in [-0.3, -0.25) is 0 Å². The minimum atomic E-state index is -0.535. The molecule has 2 heterocycles. The molecule has 0 radical (unpaired) electrons. The van der Waals surface area contributed by atoms with Crippen LogP contribution in [-0.4, -0.2) is 50.3 Å². The van der Waals surface area contributed by atoms with Gasteiger partial charge in [0, 0.05) is 30.5 Å². The fourth-order valence-electron chi connectivity index (χ4n) is 6.87. The van der Waals surface area contributed by atoms with Crippen molar-refractivity contribution in [2.45, 2.75) is 56.1 Å². The van der Waals surface area contributed by atoms with Crippen molar-refractivity contribution in [3.63, 3.8) is 0 Å². The number of nitrogens with zero attached hydrogens (tertiary/aromatic N) is 3. The zero-order valence-electron chi connectivity index (χ0n) is 18.9. The van der Waals surface area contributed by atoms with Crippen molar-refractivity contribution in [2.24, 2.45) is 22.1 Å².